The molecule has 25 heavy (non-hydrogen) atoms. The van der Waals surface area contributed by atoms with Crippen LogP contribution in [0.5, 0.6) is 0 Å². The van der Waals surface area contributed by atoms with Crippen molar-refractivity contribution in [1.82, 2.24) is 4.90 Å². The van der Waals surface area contributed by atoms with Gasteiger partial charge in [0, 0.05) is 22.2 Å². The minimum absolute atomic E-state index is 0.0641. The normalized spacial score (nSPS) is 18.8. The van der Waals surface area contributed by atoms with Crippen molar-refractivity contribution in [3.63, 3.8) is 0 Å². The van der Waals surface area contributed by atoms with Gasteiger partial charge in [0.1, 0.15) is 5.76 Å². The topological polar surface area (TPSA) is 50.5 Å². The predicted octanol–water partition coefficient (Wildman–Crippen LogP) is 4.94. The highest BCUT2D eigenvalue weighted by atomic mass is 16.3. The van der Waals surface area contributed by atoms with Gasteiger partial charge in [0.05, 0.1) is 0 Å². The summed E-state index contributed by atoms with van der Waals surface area (Å²) in [6.45, 7) is 8.57. The Labute approximate surface area is 148 Å². The maximum atomic E-state index is 13.2. The number of nitrogens with zero attached hydrogens (tertiary/aromatic N) is 1. The first-order valence-electron chi connectivity index (χ1n) is 8.75. The van der Waals surface area contributed by atoms with Crippen LogP contribution < -0.4 is 0 Å². The quantitative estimate of drug-likeness (QED) is 0.744. The van der Waals surface area contributed by atoms with Crippen molar-refractivity contribution in [2.45, 2.75) is 58.0 Å². The van der Waals surface area contributed by atoms with Gasteiger partial charge in [-0.05, 0) is 71.2 Å². The number of hydrogen-bond acceptors (Lipinski definition) is 3. The van der Waals surface area contributed by atoms with Gasteiger partial charge in [0.15, 0.2) is 12.0 Å². The van der Waals surface area contributed by atoms with Crippen LogP contribution >= 0.6 is 0 Å². The van der Waals surface area contributed by atoms with Gasteiger partial charge in [-0.1, -0.05) is 12.1 Å². The smallest absolute Gasteiger partial charge is 0.254 e. The van der Waals surface area contributed by atoms with Crippen molar-refractivity contribution in [3.05, 3.63) is 47.7 Å². The lowest BCUT2D eigenvalue weighted by Gasteiger charge is -2.53. The summed E-state index contributed by atoms with van der Waals surface area (Å²) in [6.07, 6.45) is 3.85. The Morgan fingerprint density at radius 2 is 1.60 bits per heavy atom. The second-order valence-corrected chi connectivity index (χ2v) is 8.02. The number of amides is 1. The first-order chi connectivity index (χ1) is 11.7. The van der Waals surface area contributed by atoms with E-state index in [9.17, 15) is 9.59 Å². The van der Waals surface area contributed by atoms with Crippen LogP contribution in [-0.2, 0) is 0 Å². The lowest BCUT2D eigenvalue weighted by Crippen LogP contribution is -2.60. The molecular formula is C21H25NO3. The van der Waals surface area contributed by atoms with Gasteiger partial charge >= 0.3 is 0 Å². The number of rotatable bonds is 3. The van der Waals surface area contributed by atoms with Gasteiger partial charge in [-0.15, -0.1) is 0 Å². The number of carbonyl (C=O) groups excluding carboxylic acids is 2. The summed E-state index contributed by atoms with van der Waals surface area (Å²) < 4.78 is 5.44. The Kier molecular flexibility index (Phi) is 4.31. The van der Waals surface area contributed by atoms with E-state index in [0.717, 1.165) is 24.8 Å². The molecule has 1 aromatic heterocycles. The van der Waals surface area contributed by atoms with Crippen molar-refractivity contribution in [1.29, 1.82) is 0 Å². The standard InChI is InChI=1S/C21H25NO3/c1-20(2)12-5-13-21(3,4)22(20)19(24)16-8-6-15(7-9-16)18-11-10-17(14-23)25-18/h6-11,14H,5,12-13H2,1-4H3. The van der Waals surface area contributed by atoms with Crippen molar-refractivity contribution in [2.75, 3.05) is 0 Å². The van der Waals surface area contributed by atoms with Crippen LogP contribution in [0.2, 0.25) is 0 Å². The predicted molar refractivity (Wildman–Crippen MR) is 97.7 cm³/mol. The molecule has 1 aliphatic rings. The summed E-state index contributed by atoms with van der Waals surface area (Å²) in [5.41, 5.74) is 1.21. The Morgan fingerprint density at radius 1 is 1.00 bits per heavy atom. The van der Waals surface area contributed by atoms with Crippen LogP contribution in [0.4, 0.5) is 0 Å². The number of likely N-dealkylation sites (tertiary alicyclic amines) is 1. The van der Waals surface area contributed by atoms with Crippen LogP contribution in [0.15, 0.2) is 40.8 Å². The molecule has 0 radical (unpaired) electrons. The highest BCUT2D eigenvalue weighted by Gasteiger charge is 2.44. The number of furan rings is 1. The molecule has 1 aromatic carbocycles. The van der Waals surface area contributed by atoms with Crippen LogP contribution in [0.25, 0.3) is 11.3 Å². The maximum absolute atomic E-state index is 13.2. The lowest BCUT2D eigenvalue weighted by molar-refractivity contribution is -0.0111. The van der Waals surface area contributed by atoms with Gasteiger partial charge in [0.25, 0.3) is 5.91 Å². The second-order valence-electron chi connectivity index (χ2n) is 8.02. The molecule has 3 rings (SSSR count). The van der Waals surface area contributed by atoms with E-state index in [1.165, 1.54) is 0 Å². The molecule has 132 valence electrons. The summed E-state index contributed by atoms with van der Waals surface area (Å²) in [4.78, 5) is 26.0. The van der Waals surface area contributed by atoms with Crippen LogP contribution in [-0.4, -0.2) is 28.2 Å². The fourth-order valence-electron chi connectivity index (χ4n) is 4.02. The van der Waals surface area contributed by atoms with E-state index in [0.29, 0.717) is 23.4 Å². The average molecular weight is 339 g/mol. The molecule has 4 nitrogen and oxygen atoms in total. The average Bonchev–Trinajstić information content (AvgIpc) is 3.02. The summed E-state index contributed by atoms with van der Waals surface area (Å²) in [6, 6.07) is 10.8. The first kappa shape index (κ1) is 17.5. The molecule has 0 unspecified atom stereocenters. The number of aldehydes is 1. The third-order valence-electron chi connectivity index (χ3n) is 5.15. The van der Waals surface area contributed by atoms with Crippen LogP contribution in [0.1, 0.15) is 67.9 Å². The zero-order valence-electron chi connectivity index (χ0n) is 15.3. The fourth-order valence-corrected chi connectivity index (χ4v) is 4.02. The second kappa shape index (κ2) is 6.17. The fraction of sp³-hybridized carbons (Fsp3) is 0.429. The minimum Gasteiger partial charge on any atom is -0.453 e. The molecular weight excluding hydrogens is 314 g/mol. The summed E-state index contributed by atoms with van der Waals surface area (Å²) in [7, 11) is 0. The highest BCUT2D eigenvalue weighted by molar-refractivity contribution is 5.95. The molecule has 1 saturated heterocycles. The van der Waals surface area contributed by atoms with Gasteiger partial charge in [-0.3, -0.25) is 9.59 Å². The van der Waals surface area contributed by atoms with E-state index in [2.05, 4.69) is 27.7 Å². The summed E-state index contributed by atoms with van der Waals surface area (Å²) in [5, 5.41) is 0. The molecule has 0 N–H and O–H groups in total. The SMILES string of the molecule is CC1(C)CCCC(C)(C)N1C(=O)c1ccc(-c2ccc(C=O)o2)cc1. The number of piperidine rings is 1. The highest BCUT2D eigenvalue weighted by Crippen LogP contribution is 2.39. The maximum Gasteiger partial charge on any atom is 0.254 e. The van der Waals surface area contributed by atoms with E-state index in [4.69, 9.17) is 4.42 Å². The van der Waals surface area contributed by atoms with E-state index in [-0.39, 0.29) is 17.0 Å². The minimum atomic E-state index is -0.155. The van der Waals surface area contributed by atoms with Gasteiger partial charge in [-0.2, -0.15) is 0 Å². The largest absolute Gasteiger partial charge is 0.453 e. The van der Waals surface area contributed by atoms with Crippen LogP contribution in [0.3, 0.4) is 0 Å². The molecule has 1 amide bonds. The molecule has 0 spiro atoms. The zero-order valence-corrected chi connectivity index (χ0v) is 15.3. The first-order valence-corrected chi connectivity index (χ1v) is 8.75. The van der Waals surface area contributed by atoms with Gasteiger partial charge in [0.2, 0.25) is 0 Å². The molecule has 0 bridgehead atoms. The molecule has 0 aliphatic carbocycles. The summed E-state index contributed by atoms with van der Waals surface area (Å²) in [5.74, 6) is 0.987. The van der Waals surface area contributed by atoms with Crippen molar-refractivity contribution in [2.24, 2.45) is 0 Å². The van der Waals surface area contributed by atoms with E-state index in [1.807, 2.05) is 29.2 Å². The van der Waals surface area contributed by atoms with Crippen molar-refractivity contribution in [3.8, 4) is 11.3 Å². The Hall–Kier alpha value is -2.36. The van der Waals surface area contributed by atoms with E-state index in [1.54, 1.807) is 12.1 Å². The monoisotopic (exact) mass is 339 g/mol. The van der Waals surface area contributed by atoms with Gasteiger partial charge < -0.3 is 9.32 Å². The summed E-state index contributed by atoms with van der Waals surface area (Å²) >= 11 is 0. The van der Waals surface area contributed by atoms with E-state index >= 15 is 0 Å². The number of hydrogen-bond donors (Lipinski definition) is 0. The zero-order chi connectivity index (χ0) is 18.2. The third kappa shape index (κ3) is 3.26. The number of carbonyl (C=O) groups is 2. The number of benzene rings is 1. The Bertz CT molecular complexity index is 768. The molecule has 1 fully saturated rings. The molecule has 0 atom stereocenters. The lowest BCUT2D eigenvalue weighted by atomic mass is 9.79. The molecule has 2 aromatic rings. The van der Waals surface area contributed by atoms with Crippen molar-refractivity contribution < 1.29 is 14.0 Å². The molecule has 4 heteroatoms. The molecule has 2 heterocycles. The molecule has 1 aliphatic heterocycles. The Balaban J connectivity index is 1.88. The van der Waals surface area contributed by atoms with E-state index < -0.39 is 0 Å². The Morgan fingerprint density at radius 3 is 2.12 bits per heavy atom. The van der Waals surface area contributed by atoms with Crippen molar-refractivity contribution >= 4 is 12.2 Å². The third-order valence-corrected chi connectivity index (χ3v) is 5.15. The van der Waals surface area contributed by atoms with Gasteiger partial charge in [-0.25, -0.2) is 0 Å². The molecule has 0 saturated carbocycles. The van der Waals surface area contributed by atoms with Crippen LogP contribution in [0, 0.1) is 0 Å².